The van der Waals surface area contributed by atoms with Crippen molar-refractivity contribution in [2.45, 2.75) is 46.5 Å². The van der Waals surface area contributed by atoms with Crippen LogP contribution < -0.4 is 4.74 Å². The van der Waals surface area contributed by atoms with E-state index in [2.05, 4.69) is 51.1 Å². The highest BCUT2D eigenvalue weighted by Gasteiger charge is 2.32. The maximum atomic E-state index is 5.20. The molecular formula is C18H26O. The van der Waals surface area contributed by atoms with Gasteiger partial charge in [-0.15, -0.1) is 0 Å². The van der Waals surface area contributed by atoms with Crippen LogP contribution >= 0.6 is 0 Å². The van der Waals surface area contributed by atoms with Gasteiger partial charge in [-0.1, -0.05) is 37.6 Å². The lowest BCUT2D eigenvalue weighted by Gasteiger charge is -2.38. The second-order valence-electron chi connectivity index (χ2n) is 6.41. The monoisotopic (exact) mass is 258 g/mol. The first-order chi connectivity index (χ1) is 9.03. The Morgan fingerprint density at radius 2 is 1.89 bits per heavy atom. The largest absolute Gasteiger partial charge is 0.497 e. The van der Waals surface area contributed by atoms with Crippen LogP contribution in [0.25, 0.3) is 0 Å². The van der Waals surface area contributed by atoms with E-state index in [1.54, 1.807) is 12.7 Å². The average molecular weight is 258 g/mol. The average Bonchev–Trinajstić information content (AvgIpc) is 2.38. The van der Waals surface area contributed by atoms with E-state index in [4.69, 9.17) is 4.74 Å². The zero-order valence-corrected chi connectivity index (χ0v) is 12.7. The smallest absolute Gasteiger partial charge is 0.118 e. The number of ether oxygens (including phenoxy) is 1. The van der Waals surface area contributed by atoms with E-state index in [-0.39, 0.29) is 0 Å². The molecule has 1 aliphatic carbocycles. The summed E-state index contributed by atoms with van der Waals surface area (Å²) in [5.74, 6) is 1.67. The van der Waals surface area contributed by atoms with E-state index in [0.717, 1.165) is 18.1 Å². The van der Waals surface area contributed by atoms with Crippen LogP contribution in [0.1, 0.15) is 45.6 Å². The lowest BCUT2D eigenvalue weighted by atomic mass is 9.67. The van der Waals surface area contributed by atoms with Crippen molar-refractivity contribution in [1.82, 2.24) is 0 Å². The highest BCUT2D eigenvalue weighted by molar-refractivity contribution is 5.27. The fraction of sp³-hybridized carbons (Fsp3) is 0.556. The van der Waals surface area contributed by atoms with E-state index in [9.17, 15) is 0 Å². The molecule has 0 N–H and O–H groups in total. The number of aryl methyl sites for hydroxylation is 1. The summed E-state index contributed by atoms with van der Waals surface area (Å²) in [6.45, 7) is 7.14. The van der Waals surface area contributed by atoms with Crippen LogP contribution in [0.3, 0.4) is 0 Å². The number of benzene rings is 1. The molecule has 0 spiro atoms. The fourth-order valence-corrected chi connectivity index (χ4v) is 3.33. The molecule has 0 unspecified atom stereocenters. The van der Waals surface area contributed by atoms with E-state index < -0.39 is 0 Å². The van der Waals surface area contributed by atoms with Crippen molar-refractivity contribution in [3.63, 3.8) is 0 Å². The molecular weight excluding hydrogens is 232 g/mol. The molecule has 0 saturated heterocycles. The third-order valence-corrected chi connectivity index (χ3v) is 4.63. The van der Waals surface area contributed by atoms with E-state index in [0.29, 0.717) is 5.41 Å². The highest BCUT2D eigenvalue weighted by Crippen LogP contribution is 2.43. The molecule has 0 amide bonds. The molecule has 0 radical (unpaired) electrons. The van der Waals surface area contributed by atoms with E-state index in [1.807, 2.05) is 0 Å². The van der Waals surface area contributed by atoms with Gasteiger partial charge in [0, 0.05) is 0 Å². The van der Waals surface area contributed by atoms with Gasteiger partial charge >= 0.3 is 0 Å². The standard InChI is InChI=1S/C18H26O/c1-14-6-5-13-18(2,3)17(14)12-9-15-7-10-16(19-4)11-8-15/h6-8,10-11,17H,5,9,12-13H2,1-4H3/t17-/m0/s1. The van der Waals surface area contributed by atoms with E-state index >= 15 is 0 Å². The summed E-state index contributed by atoms with van der Waals surface area (Å²) in [6, 6.07) is 8.50. The molecule has 1 heteroatoms. The van der Waals surface area contributed by atoms with Crippen LogP contribution in [-0.4, -0.2) is 7.11 Å². The minimum atomic E-state index is 0.450. The number of allylic oxidation sites excluding steroid dienone is 2. The van der Waals surface area contributed by atoms with Crippen molar-refractivity contribution < 1.29 is 4.74 Å². The van der Waals surface area contributed by atoms with Crippen LogP contribution in [0, 0.1) is 11.3 Å². The van der Waals surface area contributed by atoms with Gasteiger partial charge in [0.1, 0.15) is 5.75 Å². The molecule has 2 rings (SSSR count). The Bertz CT molecular complexity index is 439. The van der Waals surface area contributed by atoms with Crippen LogP contribution in [-0.2, 0) is 6.42 Å². The van der Waals surface area contributed by atoms with E-state index in [1.165, 1.54) is 24.8 Å². The number of methoxy groups -OCH3 is 1. The molecule has 104 valence electrons. The molecule has 0 aliphatic heterocycles. The second-order valence-corrected chi connectivity index (χ2v) is 6.41. The topological polar surface area (TPSA) is 9.23 Å². The van der Waals surface area contributed by atoms with Crippen molar-refractivity contribution in [2.24, 2.45) is 11.3 Å². The Labute approximate surface area is 117 Å². The first-order valence-corrected chi connectivity index (χ1v) is 7.32. The van der Waals surface area contributed by atoms with Gasteiger partial charge in [-0.2, -0.15) is 0 Å². The van der Waals surface area contributed by atoms with Gasteiger partial charge in [0.2, 0.25) is 0 Å². The Morgan fingerprint density at radius 1 is 1.21 bits per heavy atom. The van der Waals surface area contributed by atoms with Crippen LogP contribution in [0.2, 0.25) is 0 Å². The number of hydrogen-bond acceptors (Lipinski definition) is 1. The Morgan fingerprint density at radius 3 is 2.47 bits per heavy atom. The third-order valence-electron chi connectivity index (χ3n) is 4.63. The first kappa shape index (κ1) is 14.2. The maximum absolute atomic E-state index is 5.20. The molecule has 1 atom stereocenters. The predicted octanol–water partition coefficient (Wildman–Crippen LogP) is 5.01. The minimum absolute atomic E-state index is 0.450. The lowest BCUT2D eigenvalue weighted by molar-refractivity contribution is 0.204. The normalized spacial score (nSPS) is 21.9. The van der Waals surface area contributed by atoms with Crippen molar-refractivity contribution in [3.05, 3.63) is 41.5 Å². The summed E-state index contributed by atoms with van der Waals surface area (Å²) in [6.07, 6.45) is 7.41. The summed E-state index contributed by atoms with van der Waals surface area (Å²) >= 11 is 0. The van der Waals surface area contributed by atoms with Crippen molar-refractivity contribution >= 4 is 0 Å². The summed E-state index contributed by atoms with van der Waals surface area (Å²) < 4.78 is 5.20. The van der Waals surface area contributed by atoms with Crippen LogP contribution in [0.5, 0.6) is 5.75 Å². The van der Waals surface area contributed by atoms with Gasteiger partial charge in [0.05, 0.1) is 7.11 Å². The van der Waals surface area contributed by atoms with Crippen molar-refractivity contribution in [2.75, 3.05) is 7.11 Å². The molecule has 0 saturated carbocycles. The molecule has 1 nitrogen and oxygen atoms in total. The first-order valence-electron chi connectivity index (χ1n) is 7.32. The Balaban J connectivity index is 2.00. The van der Waals surface area contributed by atoms with Crippen molar-refractivity contribution in [3.8, 4) is 5.75 Å². The SMILES string of the molecule is COc1ccc(CC[C@H]2C(C)=CCCC2(C)C)cc1. The third kappa shape index (κ3) is 3.40. The van der Waals surface area contributed by atoms with Crippen molar-refractivity contribution in [1.29, 1.82) is 0 Å². The zero-order chi connectivity index (χ0) is 13.9. The number of rotatable bonds is 4. The molecule has 0 fully saturated rings. The lowest BCUT2D eigenvalue weighted by Crippen LogP contribution is -2.28. The quantitative estimate of drug-likeness (QED) is 0.690. The molecule has 1 aromatic rings. The van der Waals surface area contributed by atoms with Gasteiger partial charge in [-0.3, -0.25) is 0 Å². The molecule has 19 heavy (non-hydrogen) atoms. The van der Waals surface area contributed by atoms with Gasteiger partial charge < -0.3 is 4.74 Å². The van der Waals surface area contributed by atoms with Crippen LogP contribution in [0.4, 0.5) is 0 Å². The Kier molecular flexibility index (Phi) is 4.34. The summed E-state index contributed by atoms with van der Waals surface area (Å²) in [4.78, 5) is 0. The van der Waals surface area contributed by atoms with Gasteiger partial charge in [0.25, 0.3) is 0 Å². The molecule has 1 aromatic carbocycles. The number of hydrogen-bond donors (Lipinski definition) is 0. The van der Waals surface area contributed by atoms with Crippen LogP contribution in [0.15, 0.2) is 35.9 Å². The Hall–Kier alpha value is -1.24. The second kappa shape index (κ2) is 5.81. The highest BCUT2D eigenvalue weighted by atomic mass is 16.5. The molecule has 1 aliphatic rings. The fourth-order valence-electron chi connectivity index (χ4n) is 3.33. The maximum Gasteiger partial charge on any atom is 0.118 e. The minimum Gasteiger partial charge on any atom is -0.497 e. The predicted molar refractivity (Wildman–Crippen MR) is 81.6 cm³/mol. The molecule has 0 heterocycles. The molecule has 0 bridgehead atoms. The zero-order valence-electron chi connectivity index (χ0n) is 12.7. The van der Waals surface area contributed by atoms with Gasteiger partial charge in [-0.25, -0.2) is 0 Å². The summed E-state index contributed by atoms with van der Waals surface area (Å²) in [7, 11) is 1.72. The van der Waals surface area contributed by atoms with Gasteiger partial charge in [-0.05, 0) is 61.6 Å². The van der Waals surface area contributed by atoms with Gasteiger partial charge in [0.15, 0.2) is 0 Å². The summed E-state index contributed by atoms with van der Waals surface area (Å²) in [5.41, 5.74) is 3.45. The summed E-state index contributed by atoms with van der Waals surface area (Å²) in [5, 5.41) is 0. The molecule has 0 aromatic heterocycles.